The summed E-state index contributed by atoms with van der Waals surface area (Å²) in [5.41, 5.74) is 0.701. The van der Waals surface area contributed by atoms with Gasteiger partial charge in [0.05, 0.1) is 16.9 Å². The minimum Gasteiger partial charge on any atom is -0.335 e. The zero-order chi connectivity index (χ0) is 19.0. The minimum atomic E-state index is -0.482. The molecule has 5 nitrogen and oxygen atoms in total. The van der Waals surface area contributed by atoms with Gasteiger partial charge in [0.25, 0.3) is 11.5 Å². The number of hydrogen-bond donors (Lipinski definition) is 0. The highest BCUT2D eigenvalue weighted by Gasteiger charge is 2.35. The molecule has 1 saturated carbocycles. The molecule has 0 bridgehead atoms. The van der Waals surface area contributed by atoms with Crippen molar-refractivity contribution in [3.05, 3.63) is 56.4 Å². The molecule has 0 unspecified atom stereocenters. The molecule has 1 aromatic heterocycles. The smallest absolute Gasteiger partial charge is 0.291 e. The van der Waals surface area contributed by atoms with Crippen LogP contribution in [0.25, 0.3) is 5.69 Å². The first-order chi connectivity index (χ1) is 13.1. The highest BCUT2D eigenvalue weighted by Crippen LogP contribution is 2.36. The summed E-state index contributed by atoms with van der Waals surface area (Å²) < 4.78 is 1.18. The second-order valence-corrected chi connectivity index (χ2v) is 8.11. The number of amides is 1. The molecule has 2 atom stereocenters. The van der Waals surface area contributed by atoms with Crippen molar-refractivity contribution in [2.24, 2.45) is 5.92 Å². The maximum absolute atomic E-state index is 13.1. The van der Waals surface area contributed by atoms with Crippen molar-refractivity contribution in [2.45, 2.75) is 44.6 Å². The fourth-order valence-electron chi connectivity index (χ4n) is 4.38. The molecule has 1 aliphatic heterocycles. The van der Waals surface area contributed by atoms with Crippen LogP contribution in [-0.4, -0.2) is 33.2 Å². The summed E-state index contributed by atoms with van der Waals surface area (Å²) in [6.07, 6.45) is 8.48. The third-order valence-electron chi connectivity index (χ3n) is 5.74. The van der Waals surface area contributed by atoms with E-state index in [0.717, 1.165) is 19.4 Å². The van der Waals surface area contributed by atoms with E-state index in [9.17, 15) is 9.59 Å². The van der Waals surface area contributed by atoms with Crippen molar-refractivity contribution in [2.75, 3.05) is 6.54 Å². The summed E-state index contributed by atoms with van der Waals surface area (Å²) in [5.74, 6) is 0.724. The van der Waals surface area contributed by atoms with Gasteiger partial charge in [0.1, 0.15) is 5.02 Å². The molecule has 2 fully saturated rings. The lowest BCUT2D eigenvalue weighted by Gasteiger charge is -2.44. The van der Waals surface area contributed by atoms with Gasteiger partial charge in [0.2, 0.25) is 0 Å². The van der Waals surface area contributed by atoms with Crippen LogP contribution >= 0.6 is 23.2 Å². The maximum Gasteiger partial charge on any atom is 0.291 e. The lowest BCUT2D eigenvalue weighted by atomic mass is 9.78. The fraction of sp³-hybridized carbons (Fsp3) is 0.450. The average molecular weight is 406 g/mol. The Bertz CT molecular complexity index is 908. The second kappa shape index (κ2) is 7.64. The summed E-state index contributed by atoms with van der Waals surface area (Å²) in [7, 11) is 0. The topological polar surface area (TPSA) is 55.2 Å². The standard InChI is InChI=1S/C20H21Cl2N3O2/c21-16-12-23-25(20(27)18(16)22)15-9-7-14(8-10-15)19(26)24-11-3-5-13-4-1-2-6-17(13)24/h7-10,12-13,17H,1-6,11H2/t13-,17+/m0/s1. The number of carbonyl (C=O) groups is 1. The van der Waals surface area contributed by atoms with E-state index in [1.165, 1.54) is 36.6 Å². The lowest BCUT2D eigenvalue weighted by molar-refractivity contribution is 0.0390. The van der Waals surface area contributed by atoms with E-state index < -0.39 is 5.56 Å². The van der Waals surface area contributed by atoms with Crippen LogP contribution in [0.4, 0.5) is 0 Å². The van der Waals surface area contributed by atoms with Gasteiger partial charge >= 0.3 is 0 Å². The van der Waals surface area contributed by atoms with Crippen molar-refractivity contribution >= 4 is 29.1 Å². The number of piperidine rings is 1. The van der Waals surface area contributed by atoms with Crippen molar-refractivity contribution in [1.29, 1.82) is 0 Å². The van der Waals surface area contributed by atoms with Crippen molar-refractivity contribution in [3.8, 4) is 5.69 Å². The third-order valence-corrected chi connectivity index (χ3v) is 6.49. The summed E-state index contributed by atoms with van der Waals surface area (Å²) in [6, 6.07) is 7.31. The van der Waals surface area contributed by atoms with Crippen LogP contribution in [0.5, 0.6) is 0 Å². The second-order valence-electron chi connectivity index (χ2n) is 7.32. The first-order valence-electron chi connectivity index (χ1n) is 9.41. The first kappa shape index (κ1) is 18.5. The van der Waals surface area contributed by atoms with Crippen LogP contribution in [0.1, 0.15) is 48.9 Å². The molecule has 0 radical (unpaired) electrons. The number of hydrogen-bond acceptors (Lipinski definition) is 3. The number of benzene rings is 1. The van der Waals surface area contributed by atoms with E-state index in [-0.39, 0.29) is 16.0 Å². The Morgan fingerprint density at radius 1 is 1.04 bits per heavy atom. The zero-order valence-corrected chi connectivity index (χ0v) is 16.4. The van der Waals surface area contributed by atoms with Crippen LogP contribution in [0.3, 0.4) is 0 Å². The summed E-state index contributed by atoms with van der Waals surface area (Å²) in [5, 5.41) is 4.08. The normalized spacial score (nSPS) is 22.4. The molecular formula is C20H21Cl2N3O2. The SMILES string of the molecule is O=C(c1ccc(-n2ncc(Cl)c(Cl)c2=O)cc1)N1CCC[C@@H]2CCCC[C@H]21. The molecule has 27 heavy (non-hydrogen) atoms. The minimum absolute atomic E-state index is 0.0662. The highest BCUT2D eigenvalue weighted by molar-refractivity contribution is 6.41. The van der Waals surface area contributed by atoms with Gasteiger partial charge in [0.15, 0.2) is 0 Å². The van der Waals surface area contributed by atoms with Crippen molar-refractivity contribution in [3.63, 3.8) is 0 Å². The Morgan fingerprint density at radius 3 is 2.52 bits per heavy atom. The van der Waals surface area contributed by atoms with Gasteiger partial charge in [-0.3, -0.25) is 9.59 Å². The Labute approximate surface area is 167 Å². The van der Waals surface area contributed by atoms with Gasteiger partial charge in [0, 0.05) is 18.2 Å². The van der Waals surface area contributed by atoms with Gasteiger partial charge in [-0.2, -0.15) is 9.78 Å². The highest BCUT2D eigenvalue weighted by atomic mass is 35.5. The first-order valence-corrected chi connectivity index (χ1v) is 10.2. The Kier molecular flexibility index (Phi) is 5.24. The van der Waals surface area contributed by atoms with Crippen LogP contribution in [-0.2, 0) is 0 Å². The summed E-state index contributed by atoms with van der Waals surface area (Å²) in [4.78, 5) is 27.4. The fourth-order valence-corrected chi connectivity index (χ4v) is 4.64. The Balaban J connectivity index is 1.58. The molecule has 1 aliphatic carbocycles. The molecule has 7 heteroatoms. The molecular weight excluding hydrogens is 385 g/mol. The summed E-state index contributed by atoms with van der Waals surface area (Å²) in [6.45, 7) is 0.829. The van der Waals surface area contributed by atoms with Gasteiger partial charge in [-0.15, -0.1) is 0 Å². The van der Waals surface area contributed by atoms with Crippen LogP contribution < -0.4 is 5.56 Å². The van der Waals surface area contributed by atoms with Gasteiger partial charge in [-0.1, -0.05) is 36.0 Å². The van der Waals surface area contributed by atoms with E-state index in [0.29, 0.717) is 23.2 Å². The average Bonchev–Trinajstić information content (AvgIpc) is 2.71. The van der Waals surface area contributed by atoms with Gasteiger partial charge < -0.3 is 4.90 Å². The quantitative estimate of drug-likeness (QED) is 0.746. The van der Waals surface area contributed by atoms with Crippen LogP contribution in [0.15, 0.2) is 35.3 Å². The largest absolute Gasteiger partial charge is 0.335 e. The molecule has 142 valence electrons. The van der Waals surface area contributed by atoms with E-state index in [2.05, 4.69) is 10.00 Å². The van der Waals surface area contributed by atoms with E-state index in [4.69, 9.17) is 23.2 Å². The van der Waals surface area contributed by atoms with E-state index >= 15 is 0 Å². The molecule has 0 N–H and O–H groups in total. The van der Waals surface area contributed by atoms with Crippen LogP contribution in [0.2, 0.25) is 10.0 Å². The molecule has 4 rings (SSSR count). The number of carbonyl (C=O) groups excluding carboxylic acids is 1. The van der Waals surface area contributed by atoms with Crippen molar-refractivity contribution in [1.82, 2.24) is 14.7 Å². The maximum atomic E-state index is 13.1. The van der Waals surface area contributed by atoms with Gasteiger partial charge in [-0.05, 0) is 55.9 Å². The van der Waals surface area contributed by atoms with Crippen LogP contribution in [0, 0.1) is 5.92 Å². The number of fused-ring (bicyclic) bond motifs is 1. The zero-order valence-electron chi connectivity index (χ0n) is 14.9. The van der Waals surface area contributed by atoms with E-state index in [1.54, 1.807) is 24.3 Å². The molecule has 1 amide bonds. The Morgan fingerprint density at radius 2 is 1.74 bits per heavy atom. The molecule has 0 spiro atoms. The number of aromatic nitrogens is 2. The summed E-state index contributed by atoms with van der Waals surface area (Å²) >= 11 is 11.7. The van der Waals surface area contributed by atoms with E-state index in [1.807, 2.05) is 0 Å². The predicted molar refractivity (Wildman–Crippen MR) is 106 cm³/mol. The molecule has 2 aliphatic rings. The van der Waals surface area contributed by atoms with Crippen molar-refractivity contribution < 1.29 is 4.79 Å². The molecule has 1 saturated heterocycles. The molecule has 2 aromatic rings. The third kappa shape index (κ3) is 3.50. The monoisotopic (exact) mass is 405 g/mol. The van der Waals surface area contributed by atoms with Gasteiger partial charge in [-0.25, -0.2) is 0 Å². The number of rotatable bonds is 2. The predicted octanol–water partition coefficient (Wildman–Crippen LogP) is 4.33. The molecule has 2 heterocycles. The number of halogens is 2. The lowest BCUT2D eigenvalue weighted by Crippen LogP contribution is -2.49. The Hall–Kier alpha value is -1.85. The number of likely N-dealkylation sites (tertiary alicyclic amines) is 1. The molecule has 1 aromatic carbocycles. The number of nitrogens with zero attached hydrogens (tertiary/aromatic N) is 3.